The largest absolute Gasteiger partial charge is 0.490 e. The molecule has 0 atom stereocenters. The molecule has 2 heterocycles. The second-order valence-electron chi connectivity index (χ2n) is 5.57. The number of rotatable bonds is 7. The molecular formula is C18H19N3O4S. The number of fused-ring (bicyclic) bond motifs is 1. The Kier molecular flexibility index (Phi) is 5.52. The van der Waals surface area contributed by atoms with Crippen LogP contribution in [0.3, 0.4) is 0 Å². The SMILES string of the molecule is CCOc1ccccc1OCC(=O)N(C)Cc1nc2ccsc2c(=O)[nH]1. The van der Waals surface area contributed by atoms with Crippen LogP contribution in [0.5, 0.6) is 11.5 Å². The van der Waals surface area contributed by atoms with Crippen LogP contribution in [-0.2, 0) is 11.3 Å². The maximum Gasteiger partial charge on any atom is 0.268 e. The second-order valence-corrected chi connectivity index (χ2v) is 6.48. The number of hydrogen-bond donors (Lipinski definition) is 1. The van der Waals surface area contributed by atoms with Crippen LogP contribution in [0.2, 0.25) is 0 Å². The van der Waals surface area contributed by atoms with E-state index < -0.39 is 0 Å². The van der Waals surface area contributed by atoms with E-state index in [1.54, 1.807) is 25.2 Å². The monoisotopic (exact) mass is 373 g/mol. The van der Waals surface area contributed by atoms with Gasteiger partial charge < -0.3 is 19.4 Å². The molecule has 0 bridgehead atoms. The summed E-state index contributed by atoms with van der Waals surface area (Å²) in [5, 5.41) is 1.81. The molecule has 7 nitrogen and oxygen atoms in total. The van der Waals surface area contributed by atoms with E-state index in [-0.39, 0.29) is 24.6 Å². The van der Waals surface area contributed by atoms with Gasteiger partial charge in [0, 0.05) is 7.05 Å². The highest BCUT2D eigenvalue weighted by Gasteiger charge is 2.14. The van der Waals surface area contributed by atoms with Gasteiger partial charge in [0.2, 0.25) is 0 Å². The third-order valence-corrected chi connectivity index (χ3v) is 4.58. The van der Waals surface area contributed by atoms with Crippen molar-refractivity contribution >= 4 is 27.5 Å². The maximum absolute atomic E-state index is 12.3. The van der Waals surface area contributed by atoms with Gasteiger partial charge in [-0.05, 0) is 30.5 Å². The number of hydrogen-bond acceptors (Lipinski definition) is 6. The molecule has 26 heavy (non-hydrogen) atoms. The van der Waals surface area contributed by atoms with E-state index >= 15 is 0 Å². The van der Waals surface area contributed by atoms with Gasteiger partial charge >= 0.3 is 0 Å². The predicted octanol–water partition coefficient (Wildman–Crippen LogP) is 2.42. The minimum Gasteiger partial charge on any atom is -0.490 e. The summed E-state index contributed by atoms with van der Waals surface area (Å²) in [5.74, 6) is 1.32. The van der Waals surface area contributed by atoms with Crippen LogP contribution in [0.25, 0.3) is 10.2 Å². The molecule has 0 fully saturated rings. The topological polar surface area (TPSA) is 84.5 Å². The molecule has 8 heteroatoms. The van der Waals surface area contributed by atoms with Crippen molar-refractivity contribution in [2.24, 2.45) is 0 Å². The Morgan fingerprint density at radius 2 is 1.96 bits per heavy atom. The van der Waals surface area contributed by atoms with Crippen molar-refractivity contribution in [1.82, 2.24) is 14.9 Å². The van der Waals surface area contributed by atoms with Crippen LogP contribution in [0.15, 0.2) is 40.5 Å². The van der Waals surface area contributed by atoms with Crippen LogP contribution < -0.4 is 15.0 Å². The summed E-state index contributed by atoms with van der Waals surface area (Å²) < 4.78 is 11.6. The first-order valence-electron chi connectivity index (χ1n) is 8.13. The molecule has 0 aliphatic rings. The summed E-state index contributed by atoms with van der Waals surface area (Å²) >= 11 is 1.34. The van der Waals surface area contributed by atoms with Gasteiger partial charge in [-0.15, -0.1) is 11.3 Å². The number of para-hydroxylation sites is 2. The van der Waals surface area contributed by atoms with Gasteiger partial charge in [-0.25, -0.2) is 4.98 Å². The number of carbonyl (C=O) groups is 1. The molecule has 0 saturated carbocycles. The van der Waals surface area contributed by atoms with Crippen molar-refractivity contribution in [3.63, 3.8) is 0 Å². The van der Waals surface area contributed by atoms with Gasteiger partial charge in [0.1, 0.15) is 10.5 Å². The number of nitrogens with zero attached hydrogens (tertiary/aromatic N) is 2. The van der Waals surface area contributed by atoms with Gasteiger partial charge in [-0.2, -0.15) is 0 Å². The molecular weight excluding hydrogens is 354 g/mol. The van der Waals surface area contributed by atoms with Gasteiger partial charge in [-0.1, -0.05) is 12.1 Å². The lowest BCUT2D eigenvalue weighted by molar-refractivity contribution is -0.132. The highest BCUT2D eigenvalue weighted by Crippen LogP contribution is 2.26. The first-order chi connectivity index (χ1) is 12.6. The average Bonchev–Trinajstić information content (AvgIpc) is 3.10. The van der Waals surface area contributed by atoms with Crippen molar-refractivity contribution in [2.75, 3.05) is 20.3 Å². The third-order valence-electron chi connectivity index (χ3n) is 3.68. The van der Waals surface area contributed by atoms with Gasteiger partial charge in [0.15, 0.2) is 18.1 Å². The number of amides is 1. The zero-order valence-corrected chi connectivity index (χ0v) is 15.3. The van der Waals surface area contributed by atoms with Gasteiger partial charge in [0.25, 0.3) is 11.5 Å². The van der Waals surface area contributed by atoms with E-state index in [0.29, 0.717) is 34.1 Å². The quantitative estimate of drug-likeness (QED) is 0.688. The second kappa shape index (κ2) is 8.01. The number of thiophene rings is 1. The number of aromatic amines is 1. The lowest BCUT2D eigenvalue weighted by Crippen LogP contribution is -2.32. The summed E-state index contributed by atoms with van der Waals surface area (Å²) in [6.45, 7) is 2.45. The van der Waals surface area contributed by atoms with Crippen LogP contribution in [-0.4, -0.2) is 41.0 Å². The molecule has 1 amide bonds. The number of nitrogens with one attached hydrogen (secondary N) is 1. The fourth-order valence-corrected chi connectivity index (χ4v) is 3.13. The van der Waals surface area contributed by atoms with Crippen LogP contribution in [0, 0.1) is 0 Å². The van der Waals surface area contributed by atoms with E-state index in [1.165, 1.54) is 16.2 Å². The summed E-state index contributed by atoms with van der Waals surface area (Å²) in [4.78, 5) is 32.9. The maximum atomic E-state index is 12.3. The number of H-pyrrole nitrogens is 1. The summed E-state index contributed by atoms with van der Waals surface area (Å²) in [5.41, 5.74) is 0.444. The molecule has 1 N–H and O–H groups in total. The minimum absolute atomic E-state index is 0.133. The molecule has 0 saturated heterocycles. The van der Waals surface area contributed by atoms with Crippen molar-refractivity contribution in [2.45, 2.75) is 13.5 Å². The van der Waals surface area contributed by atoms with Crippen molar-refractivity contribution < 1.29 is 14.3 Å². The zero-order chi connectivity index (χ0) is 18.5. The highest BCUT2D eigenvalue weighted by atomic mass is 32.1. The lowest BCUT2D eigenvalue weighted by atomic mass is 10.3. The predicted molar refractivity (Wildman–Crippen MR) is 99.8 cm³/mol. The Balaban J connectivity index is 1.63. The number of carbonyl (C=O) groups excluding carboxylic acids is 1. The number of likely N-dealkylation sites (N-methyl/N-ethyl adjacent to an activating group) is 1. The average molecular weight is 373 g/mol. The molecule has 0 unspecified atom stereocenters. The molecule has 3 aromatic rings. The molecule has 2 aromatic heterocycles. The van der Waals surface area contributed by atoms with E-state index in [2.05, 4.69) is 9.97 Å². The smallest absolute Gasteiger partial charge is 0.268 e. The molecule has 3 rings (SSSR count). The normalized spacial score (nSPS) is 10.7. The first-order valence-corrected chi connectivity index (χ1v) is 9.01. The molecule has 0 radical (unpaired) electrons. The van der Waals surface area contributed by atoms with E-state index in [9.17, 15) is 9.59 Å². The molecule has 0 aliphatic carbocycles. The Labute approximate surface area is 154 Å². The van der Waals surface area contributed by atoms with Crippen molar-refractivity contribution in [1.29, 1.82) is 0 Å². The first kappa shape index (κ1) is 17.9. The molecule has 0 spiro atoms. The fraction of sp³-hybridized carbons (Fsp3) is 0.278. The van der Waals surface area contributed by atoms with E-state index in [0.717, 1.165) is 0 Å². The van der Waals surface area contributed by atoms with Crippen LogP contribution in [0.4, 0.5) is 0 Å². The zero-order valence-electron chi connectivity index (χ0n) is 14.5. The summed E-state index contributed by atoms with van der Waals surface area (Å²) in [7, 11) is 1.64. The van der Waals surface area contributed by atoms with E-state index in [4.69, 9.17) is 9.47 Å². The standard InChI is InChI=1S/C18H19N3O4S/c1-3-24-13-6-4-5-7-14(13)25-11-16(22)21(2)10-15-19-12-8-9-26-17(12)18(23)20-15/h4-9H,3,10-11H2,1-2H3,(H,19,20,23). The Bertz CT molecular complexity index is 966. The fourth-order valence-electron chi connectivity index (χ4n) is 2.40. The van der Waals surface area contributed by atoms with Crippen LogP contribution >= 0.6 is 11.3 Å². The molecule has 1 aromatic carbocycles. The lowest BCUT2D eigenvalue weighted by Gasteiger charge is -2.17. The van der Waals surface area contributed by atoms with Gasteiger partial charge in [-0.3, -0.25) is 9.59 Å². The Morgan fingerprint density at radius 1 is 1.23 bits per heavy atom. The highest BCUT2D eigenvalue weighted by molar-refractivity contribution is 7.17. The van der Waals surface area contributed by atoms with Crippen molar-refractivity contribution in [3.05, 3.63) is 51.9 Å². The summed E-state index contributed by atoms with van der Waals surface area (Å²) in [6, 6.07) is 8.99. The van der Waals surface area contributed by atoms with E-state index in [1.807, 2.05) is 24.4 Å². The number of aromatic nitrogens is 2. The Morgan fingerprint density at radius 3 is 2.69 bits per heavy atom. The minimum atomic E-state index is -0.232. The molecule has 136 valence electrons. The number of ether oxygens (including phenoxy) is 2. The third kappa shape index (κ3) is 4.02. The van der Waals surface area contributed by atoms with Crippen LogP contribution in [0.1, 0.15) is 12.7 Å². The van der Waals surface area contributed by atoms with Gasteiger partial charge in [0.05, 0.1) is 18.7 Å². The Hall–Kier alpha value is -2.87. The number of benzene rings is 1. The molecule has 0 aliphatic heterocycles. The summed E-state index contributed by atoms with van der Waals surface area (Å²) in [6.07, 6.45) is 0. The van der Waals surface area contributed by atoms with Crippen molar-refractivity contribution in [3.8, 4) is 11.5 Å².